The lowest BCUT2D eigenvalue weighted by Crippen LogP contribution is -2.30. The molecule has 122 valence electrons. The maximum atomic E-state index is 13.4. The van der Waals surface area contributed by atoms with Gasteiger partial charge in [0.05, 0.1) is 10.8 Å². The first-order valence-corrected chi connectivity index (χ1v) is 7.09. The Hall–Kier alpha value is -3.29. The van der Waals surface area contributed by atoms with Crippen molar-refractivity contribution in [3.05, 3.63) is 64.0 Å². The number of nitrogens with zero attached hydrogens (tertiary/aromatic N) is 1. The van der Waals surface area contributed by atoms with Gasteiger partial charge in [0.15, 0.2) is 0 Å². The van der Waals surface area contributed by atoms with Crippen LogP contribution in [0.4, 0.5) is 21.5 Å². The number of anilines is 2. The predicted molar refractivity (Wildman–Crippen MR) is 84.1 cm³/mol. The number of carbonyl (C=O) groups is 2. The first kappa shape index (κ1) is 15.6. The standard InChI is InChI=1S/C16H12FN3O4/c17-12-6-5-9(7-14(12)20(23)24)18-16(22)11-8-15(21)19-13-4-2-1-3-10(11)13/h1-7,11H,8H2,(H,18,22)(H,19,21). The van der Waals surface area contributed by atoms with Gasteiger partial charge in [-0.25, -0.2) is 0 Å². The number of rotatable bonds is 3. The van der Waals surface area contributed by atoms with Crippen LogP contribution in [0.15, 0.2) is 42.5 Å². The van der Waals surface area contributed by atoms with Crippen molar-refractivity contribution in [3.8, 4) is 0 Å². The van der Waals surface area contributed by atoms with Crippen molar-refractivity contribution in [1.29, 1.82) is 0 Å². The van der Waals surface area contributed by atoms with Crippen LogP contribution in [0, 0.1) is 15.9 Å². The van der Waals surface area contributed by atoms with E-state index in [0.717, 1.165) is 12.1 Å². The maximum absolute atomic E-state index is 13.4. The molecule has 24 heavy (non-hydrogen) atoms. The van der Waals surface area contributed by atoms with Gasteiger partial charge < -0.3 is 10.6 Å². The molecule has 1 aliphatic heterocycles. The van der Waals surface area contributed by atoms with E-state index >= 15 is 0 Å². The molecule has 0 bridgehead atoms. The Morgan fingerprint density at radius 2 is 2.04 bits per heavy atom. The SMILES string of the molecule is O=C1CC(C(=O)Nc2ccc(F)c([N+](=O)[O-])c2)c2ccccc2N1. The zero-order valence-electron chi connectivity index (χ0n) is 12.3. The van der Waals surface area contributed by atoms with Crippen molar-refractivity contribution in [1.82, 2.24) is 0 Å². The highest BCUT2D eigenvalue weighted by molar-refractivity contribution is 6.05. The van der Waals surface area contributed by atoms with Gasteiger partial charge in [0.25, 0.3) is 0 Å². The fraction of sp³-hybridized carbons (Fsp3) is 0.125. The molecule has 8 heteroatoms. The van der Waals surface area contributed by atoms with Gasteiger partial charge in [-0.05, 0) is 23.8 Å². The van der Waals surface area contributed by atoms with Gasteiger partial charge in [0.1, 0.15) is 0 Å². The van der Waals surface area contributed by atoms with Crippen molar-refractivity contribution >= 4 is 28.9 Å². The first-order valence-electron chi connectivity index (χ1n) is 7.09. The largest absolute Gasteiger partial charge is 0.326 e. The quantitative estimate of drug-likeness (QED) is 0.668. The highest BCUT2D eigenvalue weighted by Gasteiger charge is 2.30. The molecule has 0 saturated heterocycles. The normalized spacial score (nSPS) is 16.0. The molecule has 0 spiro atoms. The highest BCUT2D eigenvalue weighted by Crippen LogP contribution is 2.33. The van der Waals surface area contributed by atoms with Crippen LogP contribution in [-0.4, -0.2) is 16.7 Å². The summed E-state index contributed by atoms with van der Waals surface area (Å²) in [5, 5.41) is 16.0. The van der Waals surface area contributed by atoms with Crippen LogP contribution in [-0.2, 0) is 9.59 Å². The number of hydrogen-bond donors (Lipinski definition) is 2. The molecule has 1 heterocycles. The zero-order chi connectivity index (χ0) is 17.3. The van der Waals surface area contributed by atoms with Crippen molar-refractivity contribution in [2.75, 3.05) is 10.6 Å². The molecule has 1 atom stereocenters. The average Bonchev–Trinajstić information content (AvgIpc) is 2.55. The topological polar surface area (TPSA) is 101 Å². The van der Waals surface area contributed by atoms with E-state index in [1.807, 2.05) is 0 Å². The molecule has 2 N–H and O–H groups in total. The van der Waals surface area contributed by atoms with E-state index < -0.39 is 28.3 Å². The van der Waals surface area contributed by atoms with Gasteiger partial charge in [-0.2, -0.15) is 4.39 Å². The Morgan fingerprint density at radius 1 is 1.29 bits per heavy atom. The third-order valence-corrected chi connectivity index (χ3v) is 3.73. The number of nitro benzene ring substituents is 1. The van der Waals surface area contributed by atoms with Gasteiger partial charge >= 0.3 is 5.69 Å². The van der Waals surface area contributed by atoms with Crippen LogP contribution in [0.3, 0.4) is 0 Å². The number of carbonyl (C=O) groups excluding carboxylic acids is 2. The number of fused-ring (bicyclic) bond motifs is 1. The number of nitro groups is 1. The number of benzene rings is 2. The predicted octanol–water partition coefficient (Wildman–Crippen LogP) is 2.80. The zero-order valence-corrected chi connectivity index (χ0v) is 12.3. The average molecular weight is 329 g/mol. The van der Waals surface area contributed by atoms with E-state index in [9.17, 15) is 24.1 Å². The molecule has 0 fully saturated rings. The molecule has 0 aliphatic carbocycles. The summed E-state index contributed by atoms with van der Waals surface area (Å²) in [6, 6.07) is 10.00. The van der Waals surface area contributed by atoms with Gasteiger partial charge in [-0.15, -0.1) is 0 Å². The third-order valence-electron chi connectivity index (χ3n) is 3.73. The molecule has 2 aromatic carbocycles. The second kappa shape index (κ2) is 6.07. The second-order valence-corrected chi connectivity index (χ2v) is 5.30. The molecule has 0 saturated carbocycles. The Bertz CT molecular complexity index is 853. The lowest BCUT2D eigenvalue weighted by Gasteiger charge is -2.24. The Balaban J connectivity index is 1.87. The summed E-state index contributed by atoms with van der Waals surface area (Å²) < 4.78 is 13.4. The molecule has 1 unspecified atom stereocenters. The van der Waals surface area contributed by atoms with Gasteiger partial charge in [-0.3, -0.25) is 19.7 Å². The fourth-order valence-electron chi connectivity index (χ4n) is 2.60. The fourth-order valence-corrected chi connectivity index (χ4v) is 2.60. The second-order valence-electron chi connectivity index (χ2n) is 5.30. The minimum absolute atomic E-state index is 0.0356. The number of nitrogens with one attached hydrogen (secondary N) is 2. The summed E-state index contributed by atoms with van der Waals surface area (Å²) in [4.78, 5) is 34.1. The van der Waals surface area contributed by atoms with Crippen LogP contribution < -0.4 is 10.6 Å². The van der Waals surface area contributed by atoms with Crippen LogP contribution in [0.2, 0.25) is 0 Å². The molecule has 7 nitrogen and oxygen atoms in total. The van der Waals surface area contributed by atoms with E-state index in [1.54, 1.807) is 24.3 Å². The van der Waals surface area contributed by atoms with E-state index in [0.29, 0.717) is 11.3 Å². The number of halogens is 1. The number of para-hydroxylation sites is 1. The lowest BCUT2D eigenvalue weighted by molar-refractivity contribution is -0.387. The molecule has 2 amide bonds. The van der Waals surface area contributed by atoms with Crippen molar-refractivity contribution in [2.24, 2.45) is 0 Å². The van der Waals surface area contributed by atoms with Crippen LogP contribution in [0.25, 0.3) is 0 Å². The minimum Gasteiger partial charge on any atom is -0.326 e. The van der Waals surface area contributed by atoms with Gasteiger partial charge in [-0.1, -0.05) is 18.2 Å². The maximum Gasteiger partial charge on any atom is 0.306 e. The summed E-state index contributed by atoms with van der Waals surface area (Å²) in [5.41, 5.74) is 0.580. The van der Waals surface area contributed by atoms with Crippen LogP contribution >= 0.6 is 0 Å². The molecule has 2 aromatic rings. The van der Waals surface area contributed by atoms with Crippen LogP contribution in [0.5, 0.6) is 0 Å². The summed E-state index contributed by atoms with van der Waals surface area (Å²) in [6.07, 6.45) is -0.0356. The minimum atomic E-state index is -0.986. The molecular formula is C16H12FN3O4. The Labute approximate surface area is 135 Å². The van der Waals surface area contributed by atoms with Crippen LogP contribution in [0.1, 0.15) is 17.9 Å². The molecule has 3 rings (SSSR count). The summed E-state index contributed by atoms with van der Waals surface area (Å²) >= 11 is 0. The highest BCUT2D eigenvalue weighted by atomic mass is 19.1. The van der Waals surface area contributed by atoms with Crippen molar-refractivity contribution in [2.45, 2.75) is 12.3 Å². The van der Waals surface area contributed by atoms with Gasteiger partial charge in [0, 0.05) is 23.9 Å². The Kier molecular flexibility index (Phi) is 3.95. The summed E-state index contributed by atoms with van der Waals surface area (Å²) in [6.45, 7) is 0. The van der Waals surface area contributed by atoms with E-state index in [2.05, 4.69) is 10.6 Å². The Morgan fingerprint density at radius 3 is 2.79 bits per heavy atom. The molecule has 0 aromatic heterocycles. The smallest absolute Gasteiger partial charge is 0.306 e. The molecular weight excluding hydrogens is 317 g/mol. The van der Waals surface area contributed by atoms with E-state index in [-0.39, 0.29) is 18.0 Å². The third kappa shape index (κ3) is 2.94. The first-order chi connectivity index (χ1) is 11.5. The molecule has 0 radical (unpaired) electrons. The van der Waals surface area contributed by atoms with E-state index in [4.69, 9.17) is 0 Å². The number of hydrogen-bond acceptors (Lipinski definition) is 4. The van der Waals surface area contributed by atoms with Gasteiger partial charge in [0.2, 0.25) is 17.6 Å². The molecule has 1 aliphatic rings. The van der Waals surface area contributed by atoms with E-state index in [1.165, 1.54) is 6.07 Å². The van der Waals surface area contributed by atoms with Crippen molar-refractivity contribution < 1.29 is 18.9 Å². The lowest BCUT2D eigenvalue weighted by atomic mass is 9.90. The van der Waals surface area contributed by atoms with Crippen molar-refractivity contribution in [3.63, 3.8) is 0 Å². The number of amides is 2. The monoisotopic (exact) mass is 329 g/mol. The summed E-state index contributed by atoms with van der Waals surface area (Å²) in [5.74, 6) is -2.49. The summed E-state index contributed by atoms with van der Waals surface area (Å²) in [7, 11) is 0.